The maximum atomic E-state index is 13.3. The monoisotopic (exact) mass is 182 g/mol. The summed E-state index contributed by atoms with van der Waals surface area (Å²) in [6.45, 7) is 5.66. The van der Waals surface area contributed by atoms with Gasteiger partial charge in [0, 0.05) is 0 Å². The number of rotatable bonds is 2. The zero-order valence-electron chi connectivity index (χ0n) is 8.26. The zero-order chi connectivity index (χ0) is 10.0. The molecule has 13 heavy (non-hydrogen) atoms. The lowest BCUT2D eigenvalue weighted by Gasteiger charge is -2.10. The van der Waals surface area contributed by atoms with Gasteiger partial charge >= 0.3 is 0 Å². The first-order chi connectivity index (χ1) is 6.06. The van der Waals surface area contributed by atoms with Gasteiger partial charge in [-0.05, 0) is 35.6 Å². The van der Waals surface area contributed by atoms with Crippen molar-refractivity contribution in [3.63, 3.8) is 0 Å². The maximum Gasteiger partial charge on any atom is 0.126 e. The van der Waals surface area contributed by atoms with E-state index in [-0.39, 0.29) is 18.3 Å². The molecule has 0 saturated carbocycles. The highest BCUT2D eigenvalue weighted by molar-refractivity contribution is 5.33. The Morgan fingerprint density at radius 2 is 2.00 bits per heavy atom. The van der Waals surface area contributed by atoms with Gasteiger partial charge in [-0.25, -0.2) is 4.39 Å². The first-order valence-electron chi connectivity index (χ1n) is 4.46. The Bertz CT molecular complexity index is 305. The highest BCUT2D eigenvalue weighted by Crippen LogP contribution is 2.22. The summed E-state index contributed by atoms with van der Waals surface area (Å²) in [4.78, 5) is 0. The van der Waals surface area contributed by atoms with Gasteiger partial charge in [0.1, 0.15) is 5.82 Å². The molecular weight excluding hydrogens is 167 g/mol. The van der Waals surface area contributed by atoms with Gasteiger partial charge in [0.2, 0.25) is 0 Å². The average molecular weight is 182 g/mol. The number of benzene rings is 1. The summed E-state index contributed by atoms with van der Waals surface area (Å²) >= 11 is 0. The van der Waals surface area contributed by atoms with E-state index in [1.165, 1.54) is 6.07 Å². The van der Waals surface area contributed by atoms with Crippen LogP contribution in [0.5, 0.6) is 0 Å². The van der Waals surface area contributed by atoms with Crippen LogP contribution in [0.3, 0.4) is 0 Å². The maximum absolute atomic E-state index is 13.3. The van der Waals surface area contributed by atoms with Crippen LogP contribution in [0.1, 0.15) is 36.5 Å². The van der Waals surface area contributed by atoms with E-state index in [2.05, 4.69) is 0 Å². The largest absolute Gasteiger partial charge is 0.392 e. The summed E-state index contributed by atoms with van der Waals surface area (Å²) in [6, 6.07) is 3.23. The fraction of sp³-hybridized carbons (Fsp3) is 0.455. The molecule has 1 aromatic rings. The minimum atomic E-state index is -0.176. The highest BCUT2D eigenvalue weighted by atomic mass is 19.1. The summed E-state index contributed by atoms with van der Waals surface area (Å²) in [5.74, 6) is -0.0180. The topological polar surface area (TPSA) is 20.2 Å². The summed E-state index contributed by atoms with van der Waals surface area (Å²) in [6.07, 6.45) is 0. The van der Waals surface area contributed by atoms with E-state index in [1.807, 2.05) is 13.8 Å². The fourth-order valence-corrected chi connectivity index (χ4v) is 1.35. The molecule has 0 aliphatic heterocycles. The van der Waals surface area contributed by atoms with Crippen LogP contribution in [0, 0.1) is 12.7 Å². The lowest BCUT2D eigenvalue weighted by atomic mass is 9.97. The number of hydrogen-bond donors (Lipinski definition) is 1. The third-order valence-corrected chi connectivity index (χ3v) is 2.25. The molecule has 0 heterocycles. The Morgan fingerprint density at radius 1 is 1.38 bits per heavy atom. The number of aliphatic hydroxyl groups is 1. The van der Waals surface area contributed by atoms with E-state index in [0.717, 1.165) is 11.1 Å². The first kappa shape index (κ1) is 10.2. The van der Waals surface area contributed by atoms with Gasteiger partial charge in [-0.15, -0.1) is 0 Å². The van der Waals surface area contributed by atoms with Crippen LogP contribution >= 0.6 is 0 Å². The molecule has 2 heteroatoms. The normalized spacial score (nSPS) is 10.9. The second-order valence-corrected chi connectivity index (χ2v) is 3.61. The van der Waals surface area contributed by atoms with Crippen LogP contribution < -0.4 is 0 Å². The molecule has 0 aromatic heterocycles. The average Bonchev–Trinajstić information content (AvgIpc) is 2.03. The van der Waals surface area contributed by atoms with Crippen molar-refractivity contribution in [2.45, 2.75) is 33.3 Å². The van der Waals surface area contributed by atoms with Gasteiger partial charge in [-0.1, -0.05) is 19.9 Å². The molecule has 0 unspecified atom stereocenters. The van der Waals surface area contributed by atoms with Gasteiger partial charge in [-0.3, -0.25) is 0 Å². The predicted octanol–water partition coefficient (Wildman–Crippen LogP) is 2.75. The van der Waals surface area contributed by atoms with Crippen LogP contribution in [0.4, 0.5) is 4.39 Å². The predicted molar refractivity (Wildman–Crippen MR) is 51.1 cm³/mol. The number of halogens is 1. The summed E-state index contributed by atoms with van der Waals surface area (Å²) in [5.41, 5.74) is 2.30. The molecule has 0 radical (unpaired) electrons. The van der Waals surface area contributed by atoms with Crippen molar-refractivity contribution >= 4 is 0 Å². The van der Waals surface area contributed by atoms with Gasteiger partial charge in [0.25, 0.3) is 0 Å². The Balaban J connectivity index is 3.22. The van der Waals surface area contributed by atoms with Crippen LogP contribution in [0.2, 0.25) is 0 Å². The second kappa shape index (κ2) is 3.88. The van der Waals surface area contributed by atoms with Crippen LogP contribution in [-0.4, -0.2) is 5.11 Å². The van der Waals surface area contributed by atoms with E-state index in [1.54, 1.807) is 13.0 Å². The van der Waals surface area contributed by atoms with Crippen molar-refractivity contribution in [1.29, 1.82) is 0 Å². The van der Waals surface area contributed by atoms with E-state index >= 15 is 0 Å². The molecule has 1 nitrogen and oxygen atoms in total. The highest BCUT2D eigenvalue weighted by Gasteiger charge is 2.09. The van der Waals surface area contributed by atoms with Gasteiger partial charge in [-0.2, -0.15) is 0 Å². The number of hydrogen-bond acceptors (Lipinski definition) is 1. The lowest BCUT2D eigenvalue weighted by Crippen LogP contribution is -1.98. The summed E-state index contributed by atoms with van der Waals surface area (Å²) in [7, 11) is 0. The van der Waals surface area contributed by atoms with Crippen molar-refractivity contribution in [3.8, 4) is 0 Å². The standard InChI is InChI=1S/C11H15FO/c1-7(2)10-5-9(6-13)8(3)4-11(10)12/h4-5,7,13H,6H2,1-3H3. The van der Waals surface area contributed by atoms with Crippen molar-refractivity contribution < 1.29 is 9.50 Å². The smallest absolute Gasteiger partial charge is 0.126 e. The first-order valence-corrected chi connectivity index (χ1v) is 4.46. The molecule has 1 aromatic carbocycles. The molecule has 1 rings (SSSR count). The molecular formula is C11H15FO. The Kier molecular flexibility index (Phi) is 3.04. The Hall–Kier alpha value is -0.890. The van der Waals surface area contributed by atoms with E-state index in [0.29, 0.717) is 5.56 Å². The molecule has 0 spiro atoms. The SMILES string of the molecule is Cc1cc(F)c(C(C)C)cc1CO. The summed E-state index contributed by atoms with van der Waals surface area (Å²) < 4.78 is 13.3. The van der Waals surface area contributed by atoms with Crippen LogP contribution in [0.25, 0.3) is 0 Å². The molecule has 0 saturated heterocycles. The fourth-order valence-electron chi connectivity index (χ4n) is 1.35. The van der Waals surface area contributed by atoms with Crippen molar-refractivity contribution in [2.75, 3.05) is 0 Å². The molecule has 0 atom stereocenters. The molecule has 0 fully saturated rings. The Labute approximate surface area is 78.2 Å². The van der Waals surface area contributed by atoms with E-state index in [4.69, 9.17) is 5.11 Å². The minimum Gasteiger partial charge on any atom is -0.392 e. The molecule has 1 N–H and O–H groups in total. The quantitative estimate of drug-likeness (QED) is 0.745. The summed E-state index contributed by atoms with van der Waals surface area (Å²) in [5, 5.41) is 8.99. The van der Waals surface area contributed by atoms with E-state index in [9.17, 15) is 4.39 Å². The minimum absolute atomic E-state index is 0.0220. The molecule has 0 aliphatic rings. The van der Waals surface area contributed by atoms with Crippen molar-refractivity contribution in [3.05, 3.63) is 34.6 Å². The van der Waals surface area contributed by atoms with Gasteiger partial charge in [0.15, 0.2) is 0 Å². The number of aliphatic hydroxyl groups excluding tert-OH is 1. The van der Waals surface area contributed by atoms with Gasteiger partial charge < -0.3 is 5.11 Å². The molecule has 0 amide bonds. The van der Waals surface area contributed by atoms with Crippen molar-refractivity contribution in [2.24, 2.45) is 0 Å². The zero-order valence-corrected chi connectivity index (χ0v) is 8.26. The van der Waals surface area contributed by atoms with Gasteiger partial charge in [0.05, 0.1) is 6.61 Å². The second-order valence-electron chi connectivity index (χ2n) is 3.61. The molecule has 0 aliphatic carbocycles. The molecule has 72 valence electrons. The van der Waals surface area contributed by atoms with Crippen molar-refractivity contribution in [1.82, 2.24) is 0 Å². The molecule has 0 bridgehead atoms. The third kappa shape index (κ3) is 2.07. The lowest BCUT2D eigenvalue weighted by molar-refractivity contribution is 0.280. The van der Waals surface area contributed by atoms with E-state index < -0.39 is 0 Å². The Morgan fingerprint density at radius 3 is 2.46 bits per heavy atom. The third-order valence-electron chi connectivity index (χ3n) is 2.25. The number of aryl methyl sites for hydroxylation is 1. The van der Waals surface area contributed by atoms with Crippen LogP contribution in [-0.2, 0) is 6.61 Å². The van der Waals surface area contributed by atoms with Crippen LogP contribution in [0.15, 0.2) is 12.1 Å².